The SMILES string of the molecule is O=C([C@H](CNC1COC1)c1ccccc1)N1CC2=C(C1)CN(S(=O)(=O)c1ccc3c(c1)OCCO3)C2. The average molecular weight is 512 g/mol. The Morgan fingerprint density at radius 2 is 1.64 bits per heavy atom. The quantitative estimate of drug-likeness (QED) is 0.561. The highest BCUT2D eigenvalue weighted by atomic mass is 32.2. The third kappa shape index (κ3) is 4.39. The van der Waals surface area contributed by atoms with Crippen LogP contribution in [0.4, 0.5) is 0 Å². The Hall–Kier alpha value is -2.92. The first kappa shape index (κ1) is 23.5. The Kier molecular flexibility index (Phi) is 6.20. The molecule has 0 radical (unpaired) electrons. The second-order valence-corrected chi connectivity index (χ2v) is 11.5. The number of sulfonamides is 1. The zero-order valence-corrected chi connectivity index (χ0v) is 20.7. The van der Waals surface area contributed by atoms with Crippen LogP contribution in [0.1, 0.15) is 11.5 Å². The molecule has 4 heterocycles. The van der Waals surface area contributed by atoms with Gasteiger partial charge in [-0.3, -0.25) is 4.79 Å². The van der Waals surface area contributed by atoms with E-state index in [1.807, 2.05) is 35.2 Å². The summed E-state index contributed by atoms with van der Waals surface area (Å²) in [6.45, 7) is 4.23. The molecule has 0 bridgehead atoms. The number of nitrogens with zero attached hydrogens (tertiary/aromatic N) is 2. The van der Waals surface area contributed by atoms with Crippen molar-refractivity contribution in [1.82, 2.24) is 14.5 Å². The molecule has 36 heavy (non-hydrogen) atoms. The molecule has 9 nitrogen and oxygen atoms in total. The number of carbonyl (C=O) groups is 1. The van der Waals surface area contributed by atoms with Crippen LogP contribution < -0.4 is 14.8 Å². The van der Waals surface area contributed by atoms with Crippen molar-refractivity contribution in [3.8, 4) is 11.5 Å². The summed E-state index contributed by atoms with van der Waals surface area (Å²) >= 11 is 0. The number of hydrogen-bond acceptors (Lipinski definition) is 7. The van der Waals surface area contributed by atoms with E-state index in [0.717, 1.165) is 16.7 Å². The van der Waals surface area contributed by atoms with Crippen molar-refractivity contribution < 1.29 is 27.4 Å². The minimum atomic E-state index is -3.70. The van der Waals surface area contributed by atoms with Crippen LogP contribution in [0.25, 0.3) is 0 Å². The lowest BCUT2D eigenvalue weighted by Gasteiger charge is -2.31. The zero-order chi connectivity index (χ0) is 24.7. The van der Waals surface area contributed by atoms with Gasteiger partial charge in [-0.2, -0.15) is 4.31 Å². The smallest absolute Gasteiger partial charge is 0.243 e. The zero-order valence-electron chi connectivity index (χ0n) is 19.9. The number of amides is 1. The van der Waals surface area contributed by atoms with E-state index in [1.54, 1.807) is 12.1 Å². The monoisotopic (exact) mass is 511 g/mol. The molecule has 1 saturated heterocycles. The molecule has 0 spiro atoms. The van der Waals surface area contributed by atoms with Gasteiger partial charge in [-0.05, 0) is 28.8 Å². The van der Waals surface area contributed by atoms with E-state index in [0.29, 0.717) is 70.7 Å². The van der Waals surface area contributed by atoms with Gasteiger partial charge in [0.15, 0.2) is 11.5 Å². The summed E-state index contributed by atoms with van der Waals surface area (Å²) in [6, 6.07) is 14.8. The fourth-order valence-electron chi connectivity index (χ4n) is 5.10. The molecule has 190 valence electrons. The first-order chi connectivity index (χ1) is 17.5. The summed E-state index contributed by atoms with van der Waals surface area (Å²) in [5.74, 6) is 0.769. The highest BCUT2D eigenvalue weighted by Crippen LogP contribution is 2.36. The lowest BCUT2D eigenvalue weighted by molar-refractivity contribution is -0.131. The van der Waals surface area contributed by atoms with Gasteiger partial charge in [0, 0.05) is 38.8 Å². The van der Waals surface area contributed by atoms with E-state index in [9.17, 15) is 13.2 Å². The standard InChI is InChI=1S/C26H29N3O6S/c30-26(23(11-27-21-16-33-17-21)18-4-2-1-3-5-18)28-12-19-14-29(15-20(19)13-28)36(31,32)22-6-7-24-25(10-22)35-9-8-34-24/h1-7,10,21,23,27H,8-9,11-17H2/t23-/m1/s1. The summed E-state index contributed by atoms with van der Waals surface area (Å²) in [5.41, 5.74) is 3.00. The summed E-state index contributed by atoms with van der Waals surface area (Å²) in [5, 5.41) is 3.45. The van der Waals surface area contributed by atoms with Crippen LogP contribution >= 0.6 is 0 Å². The molecule has 1 amide bonds. The molecule has 2 aromatic carbocycles. The van der Waals surface area contributed by atoms with Crippen LogP contribution in [-0.2, 0) is 19.6 Å². The highest BCUT2D eigenvalue weighted by molar-refractivity contribution is 7.89. The maximum Gasteiger partial charge on any atom is 0.243 e. The molecule has 4 aliphatic heterocycles. The van der Waals surface area contributed by atoms with E-state index < -0.39 is 10.0 Å². The normalized spacial score (nSPS) is 20.8. The highest BCUT2D eigenvalue weighted by Gasteiger charge is 2.39. The van der Waals surface area contributed by atoms with Gasteiger partial charge in [0.1, 0.15) is 13.2 Å². The summed E-state index contributed by atoms with van der Waals surface area (Å²) in [7, 11) is -3.70. The Morgan fingerprint density at radius 3 is 2.31 bits per heavy atom. The van der Waals surface area contributed by atoms with Crippen molar-refractivity contribution in [2.75, 3.05) is 59.2 Å². The van der Waals surface area contributed by atoms with Gasteiger partial charge in [0.05, 0.1) is 30.1 Å². The number of ether oxygens (including phenoxy) is 3. The summed E-state index contributed by atoms with van der Waals surface area (Å²) in [4.78, 5) is 15.6. The van der Waals surface area contributed by atoms with Gasteiger partial charge >= 0.3 is 0 Å². The van der Waals surface area contributed by atoms with Crippen LogP contribution in [0.3, 0.4) is 0 Å². The van der Waals surface area contributed by atoms with Crippen molar-refractivity contribution in [3.63, 3.8) is 0 Å². The number of nitrogens with one attached hydrogen (secondary N) is 1. The fraction of sp³-hybridized carbons (Fsp3) is 0.423. The van der Waals surface area contributed by atoms with E-state index in [4.69, 9.17) is 14.2 Å². The average Bonchev–Trinajstić information content (AvgIpc) is 3.46. The number of carbonyl (C=O) groups excluding carboxylic acids is 1. The molecule has 4 aliphatic rings. The van der Waals surface area contributed by atoms with Crippen LogP contribution in [-0.4, -0.2) is 88.7 Å². The van der Waals surface area contributed by atoms with Gasteiger partial charge in [-0.1, -0.05) is 30.3 Å². The second-order valence-electron chi connectivity index (χ2n) is 9.59. The Bertz CT molecular complexity index is 1270. The molecule has 0 aromatic heterocycles. The third-order valence-electron chi connectivity index (χ3n) is 7.21. The predicted octanol–water partition coefficient (Wildman–Crippen LogP) is 1.37. The third-order valence-corrected chi connectivity index (χ3v) is 9.00. The Balaban J connectivity index is 1.12. The van der Waals surface area contributed by atoms with Crippen LogP contribution in [0.15, 0.2) is 64.6 Å². The van der Waals surface area contributed by atoms with Gasteiger partial charge in [-0.25, -0.2) is 8.42 Å². The van der Waals surface area contributed by atoms with Gasteiger partial charge in [-0.15, -0.1) is 0 Å². The predicted molar refractivity (Wildman–Crippen MR) is 132 cm³/mol. The Morgan fingerprint density at radius 1 is 0.944 bits per heavy atom. The number of fused-ring (bicyclic) bond motifs is 1. The molecule has 0 unspecified atom stereocenters. The summed E-state index contributed by atoms with van der Waals surface area (Å²) < 4.78 is 44.5. The van der Waals surface area contributed by atoms with Crippen molar-refractivity contribution in [2.24, 2.45) is 0 Å². The molecular formula is C26H29N3O6S. The van der Waals surface area contributed by atoms with Crippen molar-refractivity contribution in [2.45, 2.75) is 16.9 Å². The molecule has 1 fully saturated rings. The van der Waals surface area contributed by atoms with E-state index in [2.05, 4.69) is 5.32 Å². The molecular weight excluding hydrogens is 482 g/mol. The molecule has 1 N–H and O–H groups in total. The van der Waals surface area contributed by atoms with E-state index in [1.165, 1.54) is 10.4 Å². The van der Waals surface area contributed by atoms with Gasteiger partial charge < -0.3 is 24.4 Å². The first-order valence-corrected chi connectivity index (χ1v) is 13.7. The number of rotatable bonds is 7. The maximum absolute atomic E-state index is 13.6. The van der Waals surface area contributed by atoms with Gasteiger partial charge in [0.25, 0.3) is 0 Å². The van der Waals surface area contributed by atoms with E-state index >= 15 is 0 Å². The fourth-order valence-corrected chi connectivity index (χ4v) is 6.54. The van der Waals surface area contributed by atoms with Crippen LogP contribution in [0.5, 0.6) is 11.5 Å². The summed E-state index contributed by atoms with van der Waals surface area (Å²) in [6.07, 6.45) is 0. The van der Waals surface area contributed by atoms with Crippen LogP contribution in [0, 0.1) is 0 Å². The van der Waals surface area contributed by atoms with Crippen LogP contribution in [0.2, 0.25) is 0 Å². The maximum atomic E-state index is 13.6. The van der Waals surface area contributed by atoms with Crippen molar-refractivity contribution in [3.05, 3.63) is 65.2 Å². The lowest BCUT2D eigenvalue weighted by Crippen LogP contribution is -2.49. The van der Waals surface area contributed by atoms with Gasteiger partial charge in [0.2, 0.25) is 15.9 Å². The first-order valence-electron chi connectivity index (χ1n) is 12.2. The number of benzene rings is 2. The lowest BCUT2D eigenvalue weighted by atomic mass is 9.97. The minimum absolute atomic E-state index is 0.0598. The Labute approximate surface area is 210 Å². The van der Waals surface area contributed by atoms with E-state index in [-0.39, 0.29) is 22.8 Å². The molecule has 2 aromatic rings. The second kappa shape index (κ2) is 9.51. The molecule has 6 rings (SSSR count). The van der Waals surface area contributed by atoms with Crippen molar-refractivity contribution >= 4 is 15.9 Å². The topological polar surface area (TPSA) is 97.4 Å². The molecule has 10 heteroatoms. The molecule has 0 saturated carbocycles. The minimum Gasteiger partial charge on any atom is -0.486 e. The molecule has 0 aliphatic carbocycles. The number of hydrogen-bond donors (Lipinski definition) is 1. The van der Waals surface area contributed by atoms with Crippen molar-refractivity contribution in [1.29, 1.82) is 0 Å². The molecule has 1 atom stereocenters. The largest absolute Gasteiger partial charge is 0.486 e.